The van der Waals surface area contributed by atoms with Crippen molar-refractivity contribution in [3.05, 3.63) is 58.4 Å². The van der Waals surface area contributed by atoms with Gasteiger partial charge in [0, 0.05) is 17.1 Å². The second-order valence-corrected chi connectivity index (χ2v) is 6.22. The van der Waals surface area contributed by atoms with Gasteiger partial charge in [-0.3, -0.25) is 10.1 Å². The summed E-state index contributed by atoms with van der Waals surface area (Å²) in [5.41, 5.74) is 3.61. The van der Waals surface area contributed by atoms with Gasteiger partial charge < -0.3 is 4.57 Å². The van der Waals surface area contributed by atoms with E-state index in [-0.39, 0.29) is 5.91 Å². The number of hydrogen-bond donors (Lipinski definition) is 1. The summed E-state index contributed by atoms with van der Waals surface area (Å²) in [5.74, 6) is -0.161. The minimum atomic E-state index is -0.161. The Kier molecular flexibility index (Phi) is 3.77. The number of amides is 1. The van der Waals surface area contributed by atoms with Crippen molar-refractivity contribution >= 4 is 22.4 Å². The average molecular weight is 312 g/mol. The van der Waals surface area contributed by atoms with Crippen molar-refractivity contribution in [1.82, 2.24) is 14.8 Å². The number of hydrogen-bond acceptors (Lipinski definition) is 4. The zero-order valence-corrected chi connectivity index (χ0v) is 13.4. The summed E-state index contributed by atoms with van der Waals surface area (Å²) in [4.78, 5) is 12.5. The van der Waals surface area contributed by atoms with E-state index in [4.69, 9.17) is 0 Å². The lowest BCUT2D eigenvalue weighted by atomic mass is 10.2. The lowest BCUT2D eigenvalue weighted by Gasteiger charge is -2.09. The van der Waals surface area contributed by atoms with E-state index < -0.39 is 0 Å². The first-order valence-corrected chi connectivity index (χ1v) is 7.73. The van der Waals surface area contributed by atoms with Gasteiger partial charge in [-0.25, -0.2) is 0 Å². The highest BCUT2D eigenvalue weighted by Crippen LogP contribution is 2.22. The number of carbonyl (C=O) groups is 1. The van der Waals surface area contributed by atoms with Gasteiger partial charge in [-0.15, -0.1) is 10.2 Å². The molecule has 3 rings (SSSR count). The van der Waals surface area contributed by atoms with E-state index >= 15 is 0 Å². The highest BCUT2D eigenvalue weighted by Gasteiger charge is 2.17. The van der Waals surface area contributed by atoms with Gasteiger partial charge in [0.15, 0.2) is 0 Å². The summed E-state index contributed by atoms with van der Waals surface area (Å²) >= 11 is 1.36. The number of carbonyl (C=O) groups excluding carboxylic acids is 1. The second kappa shape index (κ2) is 5.73. The number of benzene rings is 1. The first kappa shape index (κ1) is 14.5. The number of nitrogens with one attached hydrogen (secondary N) is 1. The molecular formula is C16H16N4OS. The molecule has 0 bridgehead atoms. The van der Waals surface area contributed by atoms with E-state index in [9.17, 15) is 4.79 Å². The molecule has 1 N–H and O–H groups in total. The third-order valence-corrected chi connectivity index (χ3v) is 4.19. The van der Waals surface area contributed by atoms with E-state index in [1.807, 2.05) is 57.2 Å². The van der Waals surface area contributed by atoms with Crippen LogP contribution in [0.25, 0.3) is 5.69 Å². The highest BCUT2D eigenvalue weighted by molar-refractivity contribution is 7.15. The Morgan fingerprint density at radius 1 is 1.14 bits per heavy atom. The number of aryl methyl sites for hydroxylation is 2. The Balaban J connectivity index is 1.94. The van der Waals surface area contributed by atoms with Crippen molar-refractivity contribution in [1.29, 1.82) is 0 Å². The van der Waals surface area contributed by atoms with Crippen LogP contribution in [0.3, 0.4) is 0 Å². The molecule has 22 heavy (non-hydrogen) atoms. The van der Waals surface area contributed by atoms with E-state index in [1.54, 1.807) is 0 Å². The molecule has 0 atom stereocenters. The van der Waals surface area contributed by atoms with Gasteiger partial charge >= 0.3 is 0 Å². The van der Waals surface area contributed by atoms with Crippen molar-refractivity contribution in [2.24, 2.45) is 0 Å². The van der Waals surface area contributed by atoms with Crippen LogP contribution in [-0.4, -0.2) is 20.7 Å². The Hall–Kier alpha value is -2.47. The Morgan fingerprint density at radius 2 is 1.86 bits per heavy atom. The molecule has 0 saturated carbocycles. The van der Waals surface area contributed by atoms with Crippen LogP contribution in [0.1, 0.15) is 26.8 Å². The van der Waals surface area contributed by atoms with Crippen molar-refractivity contribution in [2.45, 2.75) is 20.8 Å². The predicted molar refractivity (Wildman–Crippen MR) is 87.8 cm³/mol. The molecule has 0 aliphatic rings. The van der Waals surface area contributed by atoms with Gasteiger partial charge in [0.1, 0.15) is 5.01 Å². The summed E-state index contributed by atoms with van der Waals surface area (Å²) < 4.78 is 2.07. The maximum Gasteiger partial charge on any atom is 0.259 e. The van der Waals surface area contributed by atoms with Crippen molar-refractivity contribution in [2.75, 3.05) is 5.32 Å². The van der Waals surface area contributed by atoms with Crippen molar-refractivity contribution in [3.63, 3.8) is 0 Å². The summed E-state index contributed by atoms with van der Waals surface area (Å²) in [7, 11) is 0. The first-order valence-electron chi connectivity index (χ1n) is 6.92. The van der Waals surface area contributed by atoms with Crippen LogP contribution in [0.2, 0.25) is 0 Å². The summed E-state index contributed by atoms with van der Waals surface area (Å²) in [5, 5.41) is 12.0. The van der Waals surface area contributed by atoms with Gasteiger partial charge in [0.25, 0.3) is 5.91 Å². The predicted octanol–water partition coefficient (Wildman–Crippen LogP) is 3.51. The third-order valence-electron chi connectivity index (χ3n) is 3.44. The zero-order valence-electron chi connectivity index (χ0n) is 12.6. The maximum atomic E-state index is 12.5. The Morgan fingerprint density at radius 3 is 2.50 bits per heavy atom. The van der Waals surface area contributed by atoms with Gasteiger partial charge in [-0.2, -0.15) is 0 Å². The van der Waals surface area contributed by atoms with Gasteiger partial charge in [0.2, 0.25) is 5.13 Å². The highest BCUT2D eigenvalue weighted by atomic mass is 32.1. The van der Waals surface area contributed by atoms with Crippen LogP contribution in [0.5, 0.6) is 0 Å². The number of anilines is 1. The quantitative estimate of drug-likeness (QED) is 0.805. The van der Waals surface area contributed by atoms with Gasteiger partial charge in [0.05, 0.1) is 5.56 Å². The minimum absolute atomic E-state index is 0.161. The lowest BCUT2D eigenvalue weighted by Crippen LogP contribution is -2.13. The molecule has 0 aliphatic heterocycles. The zero-order chi connectivity index (χ0) is 15.7. The average Bonchev–Trinajstić information content (AvgIpc) is 3.03. The van der Waals surface area contributed by atoms with Crippen LogP contribution >= 0.6 is 11.3 Å². The Bertz CT molecular complexity index is 820. The molecule has 0 spiro atoms. The molecule has 0 aliphatic carbocycles. The molecule has 1 aromatic carbocycles. The molecule has 2 aromatic heterocycles. The van der Waals surface area contributed by atoms with E-state index in [0.717, 1.165) is 22.1 Å². The Labute approximate surface area is 132 Å². The van der Waals surface area contributed by atoms with Crippen LogP contribution in [0.4, 0.5) is 5.13 Å². The summed E-state index contributed by atoms with van der Waals surface area (Å²) in [6.45, 7) is 5.79. The molecule has 3 aromatic rings. The normalized spacial score (nSPS) is 10.7. The fraction of sp³-hybridized carbons (Fsp3) is 0.188. The lowest BCUT2D eigenvalue weighted by molar-refractivity contribution is 0.102. The number of nitrogens with zero attached hydrogens (tertiary/aromatic N) is 3. The fourth-order valence-electron chi connectivity index (χ4n) is 2.48. The smallest absolute Gasteiger partial charge is 0.259 e. The fourth-order valence-corrected chi connectivity index (χ4v) is 3.07. The number of rotatable bonds is 3. The van der Waals surface area contributed by atoms with Gasteiger partial charge in [-0.05, 0) is 39.0 Å². The number of aromatic nitrogens is 3. The molecule has 0 saturated heterocycles. The standard InChI is InChI=1S/C16H16N4OS/c1-10-9-14(15(21)17-16-19-18-12(3)22-16)11(2)20(10)13-7-5-4-6-8-13/h4-9H,1-3H3,(H,17,19,21). The minimum Gasteiger partial charge on any atom is -0.318 e. The van der Waals surface area contributed by atoms with Crippen LogP contribution in [-0.2, 0) is 0 Å². The van der Waals surface area contributed by atoms with Crippen LogP contribution in [0.15, 0.2) is 36.4 Å². The van der Waals surface area contributed by atoms with Gasteiger partial charge in [-0.1, -0.05) is 29.5 Å². The summed E-state index contributed by atoms with van der Waals surface area (Å²) in [6.07, 6.45) is 0. The third kappa shape index (κ3) is 2.65. The van der Waals surface area contributed by atoms with E-state index in [1.165, 1.54) is 11.3 Å². The molecule has 112 valence electrons. The molecule has 0 unspecified atom stereocenters. The largest absolute Gasteiger partial charge is 0.318 e. The second-order valence-electron chi connectivity index (χ2n) is 5.04. The molecular weight excluding hydrogens is 296 g/mol. The molecule has 2 heterocycles. The molecule has 5 nitrogen and oxygen atoms in total. The first-order chi connectivity index (χ1) is 10.6. The van der Waals surface area contributed by atoms with Crippen molar-refractivity contribution < 1.29 is 4.79 Å². The van der Waals surface area contributed by atoms with Crippen molar-refractivity contribution in [3.8, 4) is 5.69 Å². The summed E-state index contributed by atoms with van der Waals surface area (Å²) in [6, 6.07) is 11.9. The molecule has 0 radical (unpaired) electrons. The van der Waals surface area contributed by atoms with E-state index in [2.05, 4.69) is 20.1 Å². The van der Waals surface area contributed by atoms with E-state index in [0.29, 0.717) is 10.7 Å². The van der Waals surface area contributed by atoms with Crippen LogP contribution in [0, 0.1) is 20.8 Å². The molecule has 1 amide bonds. The topological polar surface area (TPSA) is 59.8 Å². The maximum absolute atomic E-state index is 12.5. The molecule has 6 heteroatoms. The monoisotopic (exact) mass is 312 g/mol. The number of para-hydroxylation sites is 1. The SMILES string of the molecule is Cc1nnc(NC(=O)c2cc(C)n(-c3ccccc3)c2C)s1. The van der Waals surface area contributed by atoms with Crippen LogP contribution < -0.4 is 5.32 Å². The molecule has 0 fully saturated rings.